The molecule has 10 rings (SSSR count). The van der Waals surface area contributed by atoms with E-state index in [1.54, 1.807) is 0 Å². The maximum absolute atomic E-state index is 2.41. The molecule has 10 aromatic carbocycles. The van der Waals surface area contributed by atoms with Gasteiger partial charge < -0.3 is 4.90 Å². The Bertz CT molecular complexity index is 3010. The molecule has 0 N–H and O–H groups in total. The van der Waals surface area contributed by atoms with Crippen molar-refractivity contribution in [2.45, 2.75) is 0 Å². The lowest BCUT2D eigenvalue weighted by molar-refractivity contribution is 1.28. The van der Waals surface area contributed by atoms with Crippen molar-refractivity contribution in [3.05, 3.63) is 249 Å². The minimum Gasteiger partial charge on any atom is -0.310 e. The normalized spacial score (nSPS) is 11.1. The highest BCUT2D eigenvalue weighted by molar-refractivity contribution is 5.97. The average molecular weight is 752 g/mol. The Morgan fingerprint density at radius 1 is 0.220 bits per heavy atom. The van der Waals surface area contributed by atoms with Gasteiger partial charge in [-0.3, -0.25) is 0 Å². The van der Waals surface area contributed by atoms with Crippen LogP contribution in [0, 0.1) is 0 Å². The number of benzene rings is 10. The van der Waals surface area contributed by atoms with E-state index in [0.717, 1.165) is 28.2 Å². The molecule has 0 bridgehead atoms. The fourth-order valence-electron chi connectivity index (χ4n) is 8.29. The number of hydrogen-bond donors (Lipinski definition) is 0. The van der Waals surface area contributed by atoms with Gasteiger partial charge in [-0.25, -0.2) is 0 Å². The molecule has 0 unspecified atom stereocenters. The van der Waals surface area contributed by atoms with Gasteiger partial charge in [-0.1, -0.05) is 206 Å². The van der Waals surface area contributed by atoms with Gasteiger partial charge in [0.25, 0.3) is 0 Å². The van der Waals surface area contributed by atoms with Crippen molar-refractivity contribution in [1.82, 2.24) is 0 Å². The lowest BCUT2D eigenvalue weighted by atomic mass is 9.95. The summed E-state index contributed by atoms with van der Waals surface area (Å²) in [5, 5.41) is 2.51. The highest BCUT2D eigenvalue weighted by Gasteiger charge is 2.18. The Labute approximate surface area is 346 Å². The Hall–Kier alpha value is -7.74. The van der Waals surface area contributed by atoms with E-state index >= 15 is 0 Å². The second-order valence-electron chi connectivity index (χ2n) is 14.9. The van der Waals surface area contributed by atoms with Crippen LogP contribution in [0.3, 0.4) is 0 Å². The summed E-state index contributed by atoms with van der Waals surface area (Å²) in [6, 6.07) is 89.8. The zero-order valence-electron chi connectivity index (χ0n) is 32.6. The molecule has 0 aromatic heterocycles. The maximum Gasteiger partial charge on any atom is 0.0540 e. The lowest BCUT2D eigenvalue weighted by Gasteiger charge is -2.28. The summed E-state index contributed by atoms with van der Waals surface area (Å²) in [6.07, 6.45) is 0. The molecule has 0 radical (unpaired) electrons. The molecule has 59 heavy (non-hydrogen) atoms. The van der Waals surface area contributed by atoms with Gasteiger partial charge in [0, 0.05) is 16.9 Å². The molecule has 1 heteroatoms. The first-order valence-electron chi connectivity index (χ1n) is 20.2. The molecule has 278 valence electrons. The third-order valence-corrected chi connectivity index (χ3v) is 11.3. The lowest BCUT2D eigenvalue weighted by Crippen LogP contribution is -2.11. The van der Waals surface area contributed by atoms with Crippen LogP contribution in [0.15, 0.2) is 249 Å². The van der Waals surface area contributed by atoms with E-state index in [-0.39, 0.29) is 0 Å². The summed E-state index contributed by atoms with van der Waals surface area (Å²) in [4.78, 5) is 2.41. The van der Waals surface area contributed by atoms with Crippen LogP contribution in [0.1, 0.15) is 0 Å². The molecule has 0 aliphatic carbocycles. The fraction of sp³-hybridized carbons (Fsp3) is 0. The SMILES string of the molecule is c1ccc(-c2ccc(-c3ccccc3N(c3ccc(-c4cccc(-c5ccccc5)c4)cc3)c3cccc(-c4cccc(-c5cccc6ccccc56)c4)c3)cc2)cc1. The summed E-state index contributed by atoms with van der Waals surface area (Å²) < 4.78 is 0. The Kier molecular flexibility index (Phi) is 9.68. The number of fused-ring (bicyclic) bond motifs is 1. The molecule has 0 fully saturated rings. The highest BCUT2D eigenvalue weighted by Crippen LogP contribution is 2.43. The predicted octanol–water partition coefficient (Wildman–Crippen LogP) is 16.3. The van der Waals surface area contributed by atoms with Crippen LogP contribution in [0.25, 0.3) is 77.5 Å². The van der Waals surface area contributed by atoms with E-state index in [1.165, 1.54) is 66.4 Å². The topological polar surface area (TPSA) is 3.24 Å². The van der Waals surface area contributed by atoms with Gasteiger partial charge in [-0.15, -0.1) is 0 Å². The maximum atomic E-state index is 2.41. The minimum atomic E-state index is 1.09. The van der Waals surface area contributed by atoms with E-state index in [1.807, 2.05) is 0 Å². The van der Waals surface area contributed by atoms with Gasteiger partial charge in [0.05, 0.1) is 5.69 Å². The fourth-order valence-corrected chi connectivity index (χ4v) is 8.29. The molecule has 0 saturated carbocycles. The molecule has 0 aliphatic rings. The second-order valence-corrected chi connectivity index (χ2v) is 14.9. The van der Waals surface area contributed by atoms with Crippen molar-refractivity contribution < 1.29 is 0 Å². The molecular formula is C58H41N. The van der Waals surface area contributed by atoms with Gasteiger partial charge in [-0.2, -0.15) is 0 Å². The average Bonchev–Trinajstić information content (AvgIpc) is 3.33. The standard InChI is InChI=1S/C58H41N/c1-3-15-42(16-4-1)44-31-33-47(34-32-44)57-28-9-10-30-58(57)59(53-37-35-45(36-38-53)49-22-11-21-48(39-49)43-17-5-2-6-18-43)54-26-13-24-51(41-54)50-23-12-25-52(40-50)56-29-14-20-46-19-7-8-27-55(46)56/h1-41H. The zero-order valence-corrected chi connectivity index (χ0v) is 32.6. The van der Waals surface area contributed by atoms with Crippen LogP contribution in [0.2, 0.25) is 0 Å². The van der Waals surface area contributed by atoms with Crippen molar-refractivity contribution in [3.8, 4) is 66.8 Å². The quantitative estimate of drug-likeness (QED) is 0.142. The second kappa shape index (κ2) is 16.0. The van der Waals surface area contributed by atoms with E-state index in [9.17, 15) is 0 Å². The molecule has 10 aromatic rings. The van der Waals surface area contributed by atoms with Crippen molar-refractivity contribution in [1.29, 1.82) is 0 Å². The molecule has 0 atom stereocenters. The van der Waals surface area contributed by atoms with Crippen LogP contribution in [-0.4, -0.2) is 0 Å². The van der Waals surface area contributed by atoms with E-state index < -0.39 is 0 Å². The summed E-state index contributed by atoms with van der Waals surface area (Å²) in [5.74, 6) is 0. The number of rotatable bonds is 9. The molecule has 0 heterocycles. The Morgan fingerprint density at radius 3 is 1.37 bits per heavy atom. The third kappa shape index (κ3) is 7.34. The summed E-state index contributed by atoms with van der Waals surface area (Å²) in [5.41, 5.74) is 17.6. The smallest absolute Gasteiger partial charge is 0.0540 e. The number of nitrogens with zero attached hydrogens (tertiary/aromatic N) is 1. The first-order chi connectivity index (χ1) is 29.2. The molecule has 0 amide bonds. The Balaban J connectivity index is 1.07. The summed E-state index contributed by atoms with van der Waals surface area (Å²) in [7, 11) is 0. The third-order valence-electron chi connectivity index (χ3n) is 11.3. The molecule has 0 spiro atoms. The zero-order chi connectivity index (χ0) is 39.4. The van der Waals surface area contributed by atoms with Crippen LogP contribution in [0.5, 0.6) is 0 Å². The van der Waals surface area contributed by atoms with Gasteiger partial charge in [0.15, 0.2) is 0 Å². The minimum absolute atomic E-state index is 1.09. The monoisotopic (exact) mass is 751 g/mol. The number of hydrogen-bond acceptors (Lipinski definition) is 1. The van der Waals surface area contributed by atoms with Crippen molar-refractivity contribution in [2.75, 3.05) is 4.90 Å². The summed E-state index contributed by atoms with van der Waals surface area (Å²) in [6.45, 7) is 0. The number of para-hydroxylation sites is 1. The van der Waals surface area contributed by atoms with E-state index in [4.69, 9.17) is 0 Å². The predicted molar refractivity (Wildman–Crippen MR) is 251 cm³/mol. The number of anilines is 3. The van der Waals surface area contributed by atoms with Gasteiger partial charge in [-0.05, 0) is 114 Å². The van der Waals surface area contributed by atoms with E-state index in [0.29, 0.717) is 0 Å². The summed E-state index contributed by atoms with van der Waals surface area (Å²) >= 11 is 0. The van der Waals surface area contributed by atoms with Gasteiger partial charge in [0.1, 0.15) is 0 Å². The van der Waals surface area contributed by atoms with Gasteiger partial charge in [0.2, 0.25) is 0 Å². The molecule has 0 saturated heterocycles. The van der Waals surface area contributed by atoms with Crippen LogP contribution >= 0.6 is 0 Å². The molecular weight excluding hydrogens is 711 g/mol. The first-order valence-corrected chi connectivity index (χ1v) is 20.2. The van der Waals surface area contributed by atoms with Crippen molar-refractivity contribution in [2.24, 2.45) is 0 Å². The van der Waals surface area contributed by atoms with E-state index in [2.05, 4.69) is 254 Å². The molecule has 0 aliphatic heterocycles. The van der Waals surface area contributed by atoms with Gasteiger partial charge >= 0.3 is 0 Å². The Morgan fingerprint density at radius 2 is 0.644 bits per heavy atom. The van der Waals surface area contributed by atoms with Crippen molar-refractivity contribution in [3.63, 3.8) is 0 Å². The highest BCUT2D eigenvalue weighted by atomic mass is 15.1. The molecule has 1 nitrogen and oxygen atoms in total. The van der Waals surface area contributed by atoms with Crippen molar-refractivity contribution >= 4 is 27.8 Å². The van der Waals surface area contributed by atoms with Crippen LogP contribution in [-0.2, 0) is 0 Å². The first kappa shape index (κ1) is 35.7. The van der Waals surface area contributed by atoms with Crippen LogP contribution in [0.4, 0.5) is 17.1 Å². The largest absolute Gasteiger partial charge is 0.310 e. The van der Waals surface area contributed by atoms with Crippen LogP contribution < -0.4 is 4.90 Å².